The molecule has 0 aliphatic carbocycles. The predicted molar refractivity (Wildman–Crippen MR) is 297 cm³/mol. The molecule has 5 unspecified atom stereocenters. The van der Waals surface area contributed by atoms with Crippen LogP contribution in [0.2, 0.25) is 0 Å². The number of rotatable bonds is 3. The maximum absolute atomic E-state index is 12.1. The molecule has 5 atom stereocenters. The summed E-state index contributed by atoms with van der Waals surface area (Å²) < 4.78 is 57.5. The van der Waals surface area contributed by atoms with E-state index in [4.69, 9.17) is 24.8 Å². The number of β-amino-alcohol motifs (C(OH)–C–C–N with tert-alkyl or cyclic N) is 2. The zero-order chi connectivity index (χ0) is 55.8. The van der Waals surface area contributed by atoms with Gasteiger partial charge in [-0.3, -0.25) is 4.90 Å². The number of hydrogen-bond donors (Lipinski definition) is 3. The molecule has 0 saturated carbocycles. The molecule has 0 aromatic carbocycles. The van der Waals surface area contributed by atoms with Gasteiger partial charge in [0.2, 0.25) is 0 Å². The van der Waals surface area contributed by atoms with Gasteiger partial charge in [0.1, 0.15) is 12.3 Å². The molecule has 0 aromatic heterocycles. The summed E-state index contributed by atoms with van der Waals surface area (Å²) in [5.74, 6) is -0.876. The van der Waals surface area contributed by atoms with Crippen molar-refractivity contribution in [1.82, 2.24) is 53.9 Å². The largest absolute Gasteiger partial charge is 0.396 e. The molecule has 11 aliphatic heterocycles. The van der Waals surface area contributed by atoms with Crippen LogP contribution in [0, 0.1) is 11.8 Å². The lowest BCUT2D eigenvalue weighted by Gasteiger charge is -2.35. The Balaban J connectivity index is 0.000000408. The molecule has 20 heteroatoms. The van der Waals surface area contributed by atoms with Crippen molar-refractivity contribution in [2.24, 2.45) is 11.8 Å². The molecule has 11 heterocycles. The van der Waals surface area contributed by atoms with Crippen LogP contribution in [-0.4, -0.2) is 354 Å². The highest BCUT2D eigenvalue weighted by Gasteiger charge is 2.41. The highest BCUT2D eigenvalue weighted by Crippen LogP contribution is 2.24. The monoisotopic (exact) mass is 1070 g/mol. The number of alkyl halides is 4. The van der Waals surface area contributed by atoms with Crippen molar-refractivity contribution in [3.8, 4) is 0 Å². The average molecular weight is 1070 g/mol. The highest BCUT2D eigenvalue weighted by molar-refractivity contribution is 4.84. The van der Waals surface area contributed by atoms with Gasteiger partial charge >= 0.3 is 0 Å². The van der Waals surface area contributed by atoms with E-state index < -0.39 is 18.3 Å². The minimum Gasteiger partial charge on any atom is -0.396 e. The van der Waals surface area contributed by atoms with Crippen LogP contribution in [0.3, 0.4) is 0 Å². The molecule has 444 valence electrons. The van der Waals surface area contributed by atoms with Crippen molar-refractivity contribution in [2.45, 2.75) is 101 Å². The number of likely N-dealkylation sites (tertiary alicyclic amines) is 11. The third-order valence-corrected chi connectivity index (χ3v) is 14.6. The third-order valence-electron chi connectivity index (χ3n) is 14.6. The molecule has 11 saturated heterocycles. The van der Waals surface area contributed by atoms with E-state index in [0.717, 1.165) is 84.2 Å². The quantitative estimate of drug-likeness (QED) is 0.360. The number of methoxy groups -OCH3 is 2. The summed E-state index contributed by atoms with van der Waals surface area (Å²) in [6.45, 7) is 23.7. The van der Waals surface area contributed by atoms with Crippen molar-refractivity contribution in [3.05, 3.63) is 0 Å². The Bertz CT molecular complexity index is 1200. The maximum atomic E-state index is 12.1. The number of likely N-dealkylation sites (N-methyl/N-ethyl adjacent to an activating group) is 4. The standard InChI is InChI=1S/2C6H13NO.C6H13N.C5H10FN.2C5H11NO.C5H11N.C4H7F2N.C4H8FN.C4H9NO.C4H9N/c1-7-4-3-6(5-7)8-2;1-7-3-2-6(4-7)5-8;1-6-3-4-7(2)5-6;1-7-3-2-5(6)4-7;1-6-3-5(4-6)7-2;1-6-3-2-5(7)4-6;1-6-4-2-3-5-6;1-7-2-4(5,6)3-7;1-6-2-4(5)3-6;1-5-2-4(6)3-5;1-5-3-2-4-5/h6H,3-5H2,1-2H3;6,8H,2-5H2,1H3;6H,3-5H2,1-2H3;5H,2-4H2,1H3;5H,3-4H2,1-2H3;5,7H,2-4H2,1H3;2-5H2,1H3;2-3H2,1H3;4H,2-3H2,1H3;4,6H,2-3H2,1H3;2-4H2,1H3. The van der Waals surface area contributed by atoms with Gasteiger partial charge in [0.25, 0.3) is 5.92 Å². The third kappa shape index (κ3) is 37.0. The number of nitrogens with zero attached hydrogens (tertiary/aromatic N) is 11. The molecule has 74 heavy (non-hydrogen) atoms. The summed E-state index contributed by atoms with van der Waals surface area (Å²) in [5.41, 5.74) is 0. The zero-order valence-electron chi connectivity index (χ0n) is 49.6. The topological polar surface area (TPSA) is 115 Å². The number of hydrogen-bond acceptors (Lipinski definition) is 16. The normalized spacial score (nSPS) is 29.9. The van der Waals surface area contributed by atoms with E-state index in [1.54, 1.807) is 26.2 Å². The summed E-state index contributed by atoms with van der Waals surface area (Å²) in [4.78, 5) is 23.6. The minimum absolute atomic E-state index is 0.0324. The van der Waals surface area contributed by atoms with Crippen molar-refractivity contribution < 1.29 is 42.4 Å². The molecule has 0 aromatic rings. The first kappa shape index (κ1) is 71.1. The summed E-state index contributed by atoms with van der Waals surface area (Å²) in [5, 5.41) is 26.1. The lowest BCUT2D eigenvalue weighted by Crippen LogP contribution is -2.53. The smallest absolute Gasteiger partial charge is 0.272 e. The maximum Gasteiger partial charge on any atom is 0.272 e. The molecule has 3 N–H and O–H groups in total. The number of aliphatic hydroxyl groups is 3. The van der Waals surface area contributed by atoms with Gasteiger partial charge in [-0.1, -0.05) is 6.92 Å². The molecule has 0 amide bonds. The van der Waals surface area contributed by atoms with Crippen LogP contribution in [0.4, 0.5) is 17.6 Å². The first-order chi connectivity index (χ1) is 34.8. The van der Waals surface area contributed by atoms with Gasteiger partial charge < -0.3 is 73.8 Å². The summed E-state index contributed by atoms with van der Waals surface area (Å²) >= 11 is 0. The second kappa shape index (κ2) is 40.3. The van der Waals surface area contributed by atoms with E-state index in [1.807, 2.05) is 38.0 Å². The van der Waals surface area contributed by atoms with Gasteiger partial charge in [0.15, 0.2) is 0 Å². The fraction of sp³-hybridized carbons (Fsp3) is 1.00. The molecule has 0 spiro atoms. The molecule has 11 rings (SSSR count). The van der Waals surface area contributed by atoms with Crippen molar-refractivity contribution in [2.75, 3.05) is 242 Å². The predicted octanol–water partition coefficient (Wildman–Crippen LogP) is 2.68. The van der Waals surface area contributed by atoms with Crippen LogP contribution in [0.25, 0.3) is 0 Å². The van der Waals surface area contributed by atoms with Crippen LogP contribution in [-0.2, 0) is 9.47 Å². The number of ether oxygens (including phenoxy) is 2. The van der Waals surface area contributed by atoms with Gasteiger partial charge in [0.05, 0.1) is 37.5 Å². The molecule has 0 radical (unpaired) electrons. The Morgan fingerprint density at radius 3 is 0.932 bits per heavy atom. The number of halogens is 4. The van der Waals surface area contributed by atoms with E-state index in [0.29, 0.717) is 44.4 Å². The molecule has 16 nitrogen and oxygen atoms in total. The lowest BCUT2D eigenvalue weighted by molar-refractivity contribution is -0.119. The molecule has 0 bridgehead atoms. The van der Waals surface area contributed by atoms with Crippen molar-refractivity contribution in [1.29, 1.82) is 0 Å². The van der Waals surface area contributed by atoms with Crippen LogP contribution >= 0.6 is 0 Å². The number of aliphatic hydroxyl groups excluding tert-OH is 3. The van der Waals surface area contributed by atoms with Crippen molar-refractivity contribution in [3.63, 3.8) is 0 Å². The molecule has 11 fully saturated rings. The Kier molecular flexibility index (Phi) is 38.7. The van der Waals surface area contributed by atoms with E-state index >= 15 is 0 Å². The summed E-state index contributed by atoms with van der Waals surface area (Å²) in [6.07, 6.45) is 9.55. The van der Waals surface area contributed by atoms with Gasteiger partial charge in [-0.05, 0) is 180 Å². The van der Waals surface area contributed by atoms with Gasteiger partial charge in [0, 0.05) is 112 Å². The van der Waals surface area contributed by atoms with Crippen LogP contribution in [0.1, 0.15) is 58.3 Å². The molecular weight excluding hydrogens is 959 g/mol. The van der Waals surface area contributed by atoms with Crippen LogP contribution < -0.4 is 0 Å². The first-order valence-electron chi connectivity index (χ1n) is 28.0. The second-order valence-corrected chi connectivity index (χ2v) is 23.5. The Morgan fingerprint density at radius 1 is 0.405 bits per heavy atom. The SMILES string of the molecule is CC1CCN(C)C1.CN1CC(F)(F)C1.CN1CC(F)C1.CN1CC(O)C1.CN1CCC(CO)C1.CN1CCC(F)C1.CN1CCC(O)C1.CN1CCC1.CN1CCCC1.COC1CCN(C)C1.COC1CN(C)C1. The Hall–Kier alpha value is -0.920. The molecule has 11 aliphatic rings. The van der Waals surface area contributed by atoms with Gasteiger partial charge in [-0.25, -0.2) is 17.6 Å². The fourth-order valence-electron chi connectivity index (χ4n) is 9.38. The zero-order valence-corrected chi connectivity index (χ0v) is 49.6. The minimum atomic E-state index is -2.38. The summed E-state index contributed by atoms with van der Waals surface area (Å²) in [6, 6.07) is 0. The van der Waals surface area contributed by atoms with E-state index in [9.17, 15) is 17.6 Å². The van der Waals surface area contributed by atoms with Gasteiger partial charge in [-0.2, -0.15) is 0 Å². The first-order valence-corrected chi connectivity index (χ1v) is 28.0. The fourth-order valence-corrected chi connectivity index (χ4v) is 9.38. The Labute approximate surface area is 450 Å². The lowest BCUT2D eigenvalue weighted by atomic mass is 10.1. The van der Waals surface area contributed by atoms with Crippen molar-refractivity contribution >= 4 is 0 Å². The van der Waals surface area contributed by atoms with E-state index in [-0.39, 0.29) is 25.3 Å². The average Bonchev–Trinajstić information content (AvgIpc) is 4.19. The van der Waals surface area contributed by atoms with Crippen LogP contribution in [0.15, 0.2) is 0 Å². The van der Waals surface area contributed by atoms with E-state index in [2.05, 4.69) is 88.4 Å². The Morgan fingerprint density at radius 2 is 0.811 bits per heavy atom. The second-order valence-electron chi connectivity index (χ2n) is 23.5. The summed E-state index contributed by atoms with van der Waals surface area (Å²) in [7, 11) is 25.9. The molecular formula is C54H115F4N11O5. The van der Waals surface area contributed by atoms with Gasteiger partial charge in [-0.15, -0.1) is 0 Å². The van der Waals surface area contributed by atoms with E-state index in [1.165, 1.54) is 84.3 Å². The van der Waals surface area contributed by atoms with Crippen LogP contribution in [0.5, 0.6) is 0 Å². The highest BCUT2D eigenvalue weighted by atomic mass is 19.3.